The zero-order valence-electron chi connectivity index (χ0n) is 17.6. The number of methoxy groups -OCH3 is 1. The van der Waals surface area contributed by atoms with Gasteiger partial charge in [0.1, 0.15) is 11.5 Å². The highest BCUT2D eigenvalue weighted by Crippen LogP contribution is 2.34. The third-order valence-corrected chi connectivity index (χ3v) is 4.97. The quantitative estimate of drug-likeness (QED) is 0.454. The minimum atomic E-state index is -0.247. The van der Waals surface area contributed by atoms with Crippen molar-refractivity contribution in [1.29, 1.82) is 0 Å². The largest absolute Gasteiger partial charge is 0.497 e. The first-order valence-corrected chi connectivity index (χ1v) is 10.1. The Labute approximate surface area is 189 Å². The molecule has 164 valence electrons. The molecule has 2 heterocycles. The van der Waals surface area contributed by atoms with Gasteiger partial charge in [0, 0.05) is 28.9 Å². The van der Waals surface area contributed by atoms with Crippen LogP contribution in [0, 0.1) is 0 Å². The molecule has 1 aliphatic rings. The van der Waals surface area contributed by atoms with E-state index in [2.05, 4.69) is 15.5 Å². The third kappa shape index (κ3) is 4.54. The van der Waals surface area contributed by atoms with E-state index in [1.54, 1.807) is 79.9 Å². The van der Waals surface area contributed by atoms with E-state index in [9.17, 15) is 4.79 Å². The topological polar surface area (TPSA) is 91.8 Å². The predicted octanol–water partition coefficient (Wildman–Crippen LogP) is 4.93. The van der Waals surface area contributed by atoms with Crippen LogP contribution in [0.15, 0.2) is 78.9 Å². The van der Waals surface area contributed by atoms with Crippen LogP contribution in [0.2, 0.25) is 0 Å². The number of anilines is 1. The number of carbonyl (C=O) groups is 1. The molecule has 4 aromatic rings. The first-order chi connectivity index (χ1) is 16.2. The highest BCUT2D eigenvalue weighted by Gasteiger charge is 2.15. The summed E-state index contributed by atoms with van der Waals surface area (Å²) >= 11 is 0. The highest BCUT2D eigenvalue weighted by molar-refractivity contribution is 6.05. The average Bonchev–Trinajstić information content (AvgIpc) is 3.33. The normalized spacial score (nSPS) is 11.7. The molecule has 8 nitrogen and oxygen atoms in total. The zero-order chi connectivity index (χ0) is 22.6. The van der Waals surface area contributed by atoms with Crippen molar-refractivity contribution in [2.24, 2.45) is 0 Å². The van der Waals surface area contributed by atoms with Gasteiger partial charge in [0.2, 0.25) is 12.7 Å². The Kier molecular flexibility index (Phi) is 5.47. The Balaban J connectivity index is 1.28. The summed E-state index contributed by atoms with van der Waals surface area (Å²) in [5.74, 6) is 2.75. The molecule has 5 rings (SSSR count). The number of hydrogen-bond donors (Lipinski definition) is 1. The average molecular weight is 441 g/mol. The molecule has 1 aliphatic heterocycles. The summed E-state index contributed by atoms with van der Waals surface area (Å²) < 4.78 is 21.5. The number of amides is 1. The summed E-state index contributed by atoms with van der Waals surface area (Å²) in [6, 6.07) is 23.1. The van der Waals surface area contributed by atoms with Crippen LogP contribution >= 0.6 is 0 Å². The molecule has 0 saturated heterocycles. The van der Waals surface area contributed by atoms with Gasteiger partial charge in [-0.2, -0.15) is 0 Å². The van der Waals surface area contributed by atoms with Gasteiger partial charge in [0.25, 0.3) is 5.91 Å². The molecular weight excluding hydrogens is 422 g/mol. The molecule has 0 atom stereocenters. The maximum atomic E-state index is 12.8. The maximum absolute atomic E-state index is 12.8. The number of aromatic nitrogens is 2. The van der Waals surface area contributed by atoms with E-state index in [0.717, 1.165) is 11.3 Å². The van der Waals surface area contributed by atoms with Gasteiger partial charge in [-0.15, -0.1) is 10.2 Å². The van der Waals surface area contributed by atoms with Crippen LogP contribution in [0.1, 0.15) is 10.4 Å². The molecule has 0 radical (unpaired) electrons. The molecule has 0 fully saturated rings. The van der Waals surface area contributed by atoms with Gasteiger partial charge in [-0.05, 0) is 54.6 Å². The van der Waals surface area contributed by atoms with E-state index in [1.165, 1.54) is 0 Å². The summed E-state index contributed by atoms with van der Waals surface area (Å²) in [6.07, 6.45) is 0. The molecule has 1 aromatic heterocycles. The van der Waals surface area contributed by atoms with Gasteiger partial charge in [-0.25, -0.2) is 0 Å². The minimum absolute atomic E-state index is 0.180. The molecular formula is C25H19N3O5. The van der Waals surface area contributed by atoms with Crippen LogP contribution in [0.3, 0.4) is 0 Å². The number of carbonyl (C=O) groups excluding carboxylic acids is 1. The lowest BCUT2D eigenvalue weighted by atomic mass is 10.1. The second kappa shape index (κ2) is 8.88. The van der Waals surface area contributed by atoms with E-state index in [-0.39, 0.29) is 12.7 Å². The van der Waals surface area contributed by atoms with Crippen LogP contribution in [-0.2, 0) is 0 Å². The second-order valence-corrected chi connectivity index (χ2v) is 7.14. The van der Waals surface area contributed by atoms with E-state index in [0.29, 0.717) is 40.1 Å². The Morgan fingerprint density at radius 2 is 1.70 bits per heavy atom. The van der Waals surface area contributed by atoms with Crippen LogP contribution in [0.4, 0.5) is 5.69 Å². The maximum Gasteiger partial charge on any atom is 0.255 e. The Bertz CT molecular complexity index is 1290. The van der Waals surface area contributed by atoms with Crippen LogP contribution in [-0.4, -0.2) is 30.0 Å². The summed E-state index contributed by atoms with van der Waals surface area (Å²) in [5.41, 5.74) is 2.49. The van der Waals surface area contributed by atoms with Gasteiger partial charge < -0.3 is 24.3 Å². The Morgan fingerprint density at radius 3 is 2.48 bits per heavy atom. The molecule has 3 aromatic carbocycles. The van der Waals surface area contributed by atoms with Crippen molar-refractivity contribution in [3.8, 4) is 40.1 Å². The molecule has 0 spiro atoms. The van der Waals surface area contributed by atoms with Crippen molar-refractivity contribution in [3.63, 3.8) is 0 Å². The first kappa shape index (κ1) is 20.3. The minimum Gasteiger partial charge on any atom is -0.497 e. The van der Waals surface area contributed by atoms with E-state index in [4.69, 9.17) is 18.9 Å². The zero-order valence-corrected chi connectivity index (χ0v) is 17.6. The first-order valence-electron chi connectivity index (χ1n) is 10.1. The van der Waals surface area contributed by atoms with Crippen LogP contribution in [0.5, 0.6) is 28.9 Å². The third-order valence-electron chi connectivity index (χ3n) is 4.97. The molecule has 0 saturated carbocycles. The van der Waals surface area contributed by atoms with Gasteiger partial charge in [0.05, 0.1) is 12.8 Å². The Hall–Kier alpha value is -4.59. The fourth-order valence-corrected chi connectivity index (χ4v) is 3.29. The molecule has 0 unspecified atom stereocenters. The molecule has 33 heavy (non-hydrogen) atoms. The van der Waals surface area contributed by atoms with Crippen molar-refractivity contribution in [3.05, 3.63) is 84.4 Å². The van der Waals surface area contributed by atoms with Gasteiger partial charge in [0.15, 0.2) is 11.5 Å². The fraction of sp³-hybridized carbons (Fsp3) is 0.0800. The van der Waals surface area contributed by atoms with Crippen LogP contribution in [0.25, 0.3) is 11.3 Å². The molecule has 0 bridgehead atoms. The van der Waals surface area contributed by atoms with Gasteiger partial charge >= 0.3 is 0 Å². The summed E-state index contributed by atoms with van der Waals surface area (Å²) in [5, 5.41) is 11.3. The highest BCUT2D eigenvalue weighted by atomic mass is 16.7. The van der Waals surface area contributed by atoms with Crippen molar-refractivity contribution in [2.75, 3.05) is 19.2 Å². The van der Waals surface area contributed by atoms with Crippen LogP contribution < -0.4 is 24.3 Å². The number of rotatable bonds is 6. The summed E-state index contributed by atoms with van der Waals surface area (Å²) in [4.78, 5) is 12.8. The molecule has 1 amide bonds. The summed E-state index contributed by atoms with van der Waals surface area (Å²) in [6.45, 7) is 0.180. The standard InChI is InChI=1S/C25H19N3O5/c1-30-19-6-8-20(9-7-19)33-24-12-10-21(27-28-24)16-3-2-4-17(13-16)25(29)26-18-5-11-22-23(14-18)32-15-31-22/h2-14H,15H2,1H3,(H,26,29). The van der Waals surface area contributed by atoms with E-state index < -0.39 is 0 Å². The molecule has 0 aliphatic carbocycles. The van der Waals surface area contributed by atoms with Crippen molar-refractivity contribution >= 4 is 11.6 Å². The van der Waals surface area contributed by atoms with E-state index >= 15 is 0 Å². The van der Waals surface area contributed by atoms with Crippen molar-refractivity contribution < 1.29 is 23.7 Å². The lowest BCUT2D eigenvalue weighted by molar-refractivity contribution is 0.102. The molecule has 8 heteroatoms. The number of fused-ring (bicyclic) bond motifs is 1. The number of nitrogens with zero attached hydrogens (tertiary/aromatic N) is 2. The van der Waals surface area contributed by atoms with E-state index in [1.807, 2.05) is 6.07 Å². The monoisotopic (exact) mass is 441 g/mol. The predicted molar refractivity (Wildman–Crippen MR) is 121 cm³/mol. The number of ether oxygens (including phenoxy) is 4. The molecule has 1 N–H and O–H groups in total. The smallest absolute Gasteiger partial charge is 0.255 e. The number of benzene rings is 3. The lowest BCUT2D eigenvalue weighted by Gasteiger charge is -2.08. The summed E-state index contributed by atoms with van der Waals surface area (Å²) in [7, 11) is 1.61. The van der Waals surface area contributed by atoms with Crippen molar-refractivity contribution in [1.82, 2.24) is 10.2 Å². The van der Waals surface area contributed by atoms with Crippen molar-refractivity contribution in [2.45, 2.75) is 0 Å². The SMILES string of the molecule is COc1ccc(Oc2ccc(-c3cccc(C(=O)Nc4ccc5c(c4)OCO5)c3)nn2)cc1. The second-order valence-electron chi connectivity index (χ2n) is 7.14. The Morgan fingerprint density at radius 1 is 0.879 bits per heavy atom. The number of nitrogens with one attached hydrogen (secondary N) is 1. The lowest BCUT2D eigenvalue weighted by Crippen LogP contribution is -2.11. The van der Waals surface area contributed by atoms with Gasteiger partial charge in [-0.3, -0.25) is 4.79 Å². The van der Waals surface area contributed by atoms with Gasteiger partial charge in [-0.1, -0.05) is 12.1 Å². The fourth-order valence-electron chi connectivity index (χ4n) is 3.29. The number of hydrogen-bond acceptors (Lipinski definition) is 7.